The normalized spacial score (nSPS) is 11.0. The first-order valence-corrected chi connectivity index (χ1v) is 9.33. The van der Waals surface area contributed by atoms with Crippen molar-refractivity contribution in [3.63, 3.8) is 0 Å². The molecule has 8 heteroatoms. The van der Waals surface area contributed by atoms with Crippen molar-refractivity contribution in [3.8, 4) is 28.6 Å². The Bertz CT molecular complexity index is 1030. The van der Waals surface area contributed by atoms with Crippen LogP contribution in [0.2, 0.25) is 0 Å². The molecule has 3 rings (SSSR count). The summed E-state index contributed by atoms with van der Waals surface area (Å²) in [6, 6.07) is 13.2. The van der Waals surface area contributed by atoms with Crippen LogP contribution in [-0.4, -0.2) is 41.4 Å². The smallest absolute Gasteiger partial charge is 0.216 e. The summed E-state index contributed by atoms with van der Waals surface area (Å²) < 4.78 is 18.5. The summed E-state index contributed by atoms with van der Waals surface area (Å²) in [5, 5.41) is 11.6. The van der Waals surface area contributed by atoms with E-state index in [1.165, 1.54) is 0 Å². The molecule has 7 nitrogen and oxygen atoms in total. The van der Waals surface area contributed by atoms with Gasteiger partial charge in [0.25, 0.3) is 0 Å². The van der Waals surface area contributed by atoms with Gasteiger partial charge < -0.3 is 14.2 Å². The molecular weight excluding hydrogens is 376 g/mol. The molecule has 0 aliphatic carbocycles. The average Bonchev–Trinajstić information content (AvgIpc) is 3.08. The molecule has 3 aromatic rings. The van der Waals surface area contributed by atoms with Crippen LogP contribution in [-0.2, 0) is 0 Å². The van der Waals surface area contributed by atoms with Crippen LogP contribution in [0.5, 0.6) is 17.2 Å². The van der Waals surface area contributed by atoms with Gasteiger partial charge in [0, 0.05) is 5.56 Å². The lowest BCUT2D eigenvalue weighted by molar-refractivity contribution is 0.311. The van der Waals surface area contributed by atoms with E-state index in [0.29, 0.717) is 35.3 Å². The molecule has 1 aromatic heterocycles. The molecule has 0 atom stereocenters. The summed E-state index contributed by atoms with van der Waals surface area (Å²) in [5.41, 5.74) is 1.69. The van der Waals surface area contributed by atoms with Gasteiger partial charge in [-0.25, -0.2) is 5.10 Å². The summed E-state index contributed by atoms with van der Waals surface area (Å²) >= 11 is 5.33. The second kappa shape index (κ2) is 9.18. The highest BCUT2D eigenvalue weighted by Crippen LogP contribution is 2.27. The van der Waals surface area contributed by atoms with Crippen molar-refractivity contribution in [1.29, 1.82) is 0 Å². The SMILES string of the molecule is CCOc1cccc(-c2n[nH]c(=S)n2/N=C/c2ccc(OCC)c(OC)c2)c1. The van der Waals surface area contributed by atoms with Crippen LogP contribution in [0.15, 0.2) is 47.6 Å². The molecule has 0 spiro atoms. The topological polar surface area (TPSA) is 73.7 Å². The van der Waals surface area contributed by atoms with Crippen LogP contribution in [0, 0.1) is 4.77 Å². The number of aromatic nitrogens is 3. The zero-order valence-electron chi connectivity index (χ0n) is 16.0. The predicted octanol–water partition coefficient (Wildman–Crippen LogP) is 4.30. The maximum Gasteiger partial charge on any atom is 0.216 e. The van der Waals surface area contributed by atoms with Gasteiger partial charge in [0.15, 0.2) is 17.3 Å². The van der Waals surface area contributed by atoms with Gasteiger partial charge in [-0.2, -0.15) is 14.9 Å². The van der Waals surface area contributed by atoms with Gasteiger partial charge in [0.1, 0.15) is 5.75 Å². The van der Waals surface area contributed by atoms with Crippen molar-refractivity contribution >= 4 is 18.4 Å². The molecule has 146 valence electrons. The highest BCUT2D eigenvalue weighted by atomic mass is 32.1. The molecule has 0 aliphatic rings. The number of nitrogens with zero attached hydrogens (tertiary/aromatic N) is 3. The number of methoxy groups -OCH3 is 1. The quantitative estimate of drug-likeness (QED) is 0.452. The van der Waals surface area contributed by atoms with Gasteiger partial charge in [0.2, 0.25) is 4.77 Å². The molecule has 0 amide bonds. The zero-order valence-corrected chi connectivity index (χ0v) is 16.8. The van der Waals surface area contributed by atoms with E-state index in [2.05, 4.69) is 15.3 Å². The predicted molar refractivity (Wildman–Crippen MR) is 111 cm³/mol. The molecule has 0 saturated carbocycles. The number of aromatic amines is 1. The molecular formula is C20H22N4O3S. The molecule has 0 radical (unpaired) electrons. The molecule has 1 heterocycles. The van der Waals surface area contributed by atoms with E-state index in [9.17, 15) is 0 Å². The molecule has 2 aromatic carbocycles. The minimum atomic E-state index is 0.394. The third-order valence-electron chi connectivity index (χ3n) is 3.86. The van der Waals surface area contributed by atoms with Gasteiger partial charge in [0.05, 0.1) is 26.5 Å². The molecule has 0 saturated heterocycles. The Morgan fingerprint density at radius 3 is 2.68 bits per heavy atom. The number of rotatable bonds is 8. The van der Waals surface area contributed by atoms with Crippen molar-refractivity contribution in [3.05, 3.63) is 52.8 Å². The van der Waals surface area contributed by atoms with Crippen LogP contribution < -0.4 is 14.2 Å². The van der Waals surface area contributed by atoms with Crippen molar-refractivity contribution in [1.82, 2.24) is 14.9 Å². The summed E-state index contributed by atoms with van der Waals surface area (Å²) in [5.74, 6) is 2.70. The Hall–Kier alpha value is -3.13. The Balaban J connectivity index is 1.93. The minimum absolute atomic E-state index is 0.394. The molecule has 28 heavy (non-hydrogen) atoms. The van der Waals surface area contributed by atoms with E-state index in [0.717, 1.165) is 16.9 Å². The number of H-pyrrole nitrogens is 1. The zero-order chi connectivity index (χ0) is 19.9. The second-order valence-corrected chi connectivity index (χ2v) is 6.10. The molecule has 0 bridgehead atoms. The Morgan fingerprint density at radius 2 is 1.93 bits per heavy atom. The van der Waals surface area contributed by atoms with E-state index in [4.69, 9.17) is 26.4 Å². The van der Waals surface area contributed by atoms with Gasteiger partial charge in [-0.3, -0.25) is 0 Å². The standard InChI is InChI=1S/C20H22N4O3S/c1-4-26-16-8-6-7-15(12-16)19-22-23-20(28)24(19)21-13-14-9-10-17(27-5-2)18(11-14)25-3/h6-13H,4-5H2,1-3H3,(H,23,28)/b21-13+. The number of benzene rings is 2. The van der Waals surface area contributed by atoms with E-state index in [1.807, 2.05) is 56.3 Å². The highest BCUT2D eigenvalue weighted by molar-refractivity contribution is 7.71. The third kappa shape index (κ3) is 4.40. The average molecular weight is 398 g/mol. The monoisotopic (exact) mass is 398 g/mol. The summed E-state index contributed by atoms with van der Waals surface area (Å²) in [6.45, 7) is 5.03. The van der Waals surface area contributed by atoms with Gasteiger partial charge in [-0.15, -0.1) is 0 Å². The van der Waals surface area contributed by atoms with Crippen molar-refractivity contribution < 1.29 is 14.2 Å². The van der Waals surface area contributed by atoms with Crippen molar-refractivity contribution in [2.24, 2.45) is 5.10 Å². The van der Waals surface area contributed by atoms with E-state index >= 15 is 0 Å². The summed E-state index contributed by atoms with van der Waals surface area (Å²) in [6.07, 6.45) is 1.69. The van der Waals surface area contributed by atoms with Crippen LogP contribution in [0.1, 0.15) is 19.4 Å². The number of hydrogen-bond acceptors (Lipinski definition) is 6. The van der Waals surface area contributed by atoms with Crippen molar-refractivity contribution in [2.75, 3.05) is 20.3 Å². The first kappa shape index (κ1) is 19.6. The molecule has 0 unspecified atom stereocenters. The highest BCUT2D eigenvalue weighted by Gasteiger charge is 2.10. The van der Waals surface area contributed by atoms with Gasteiger partial charge in [-0.1, -0.05) is 12.1 Å². The Morgan fingerprint density at radius 1 is 1.11 bits per heavy atom. The van der Waals surface area contributed by atoms with E-state index < -0.39 is 0 Å². The van der Waals surface area contributed by atoms with Crippen LogP contribution >= 0.6 is 12.2 Å². The first-order chi connectivity index (χ1) is 13.7. The number of hydrogen-bond donors (Lipinski definition) is 1. The fourth-order valence-corrected chi connectivity index (χ4v) is 2.82. The largest absolute Gasteiger partial charge is 0.494 e. The van der Waals surface area contributed by atoms with Crippen LogP contribution in [0.25, 0.3) is 11.4 Å². The Kier molecular flexibility index (Phi) is 6.44. The maximum absolute atomic E-state index is 5.56. The fraction of sp³-hybridized carbons (Fsp3) is 0.250. The molecule has 0 aliphatic heterocycles. The first-order valence-electron chi connectivity index (χ1n) is 8.92. The van der Waals surface area contributed by atoms with Gasteiger partial charge >= 0.3 is 0 Å². The third-order valence-corrected chi connectivity index (χ3v) is 4.13. The lowest BCUT2D eigenvalue weighted by atomic mass is 10.2. The number of nitrogens with one attached hydrogen (secondary N) is 1. The molecule has 1 N–H and O–H groups in total. The lowest BCUT2D eigenvalue weighted by Gasteiger charge is -2.09. The van der Waals surface area contributed by atoms with Gasteiger partial charge in [-0.05, 0) is 62.0 Å². The van der Waals surface area contributed by atoms with E-state index in [1.54, 1.807) is 18.0 Å². The maximum atomic E-state index is 5.56. The Labute approximate surface area is 168 Å². The fourth-order valence-electron chi connectivity index (χ4n) is 2.64. The summed E-state index contributed by atoms with van der Waals surface area (Å²) in [7, 11) is 1.61. The minimum Gasteiger partial charge on any atom is -0.494 e. The van der Waals surface area contributed by atoms with Crippen LogP contribution in [0.3, 0.4) is 0 Å². The second-order valence-electron chi connectivity index (χ2n) is 5.71. The summed E-state index contributed by atoms with van der Waals surface area (Å²) in [4.78, 5) is 0. The molecule has 0 fully saturated rings. The lowest BCUT2D eigenvalue weighted by Crippen LogP contribution is -1.98. The van der Waals surface area contributed by atoms with Crippen LogP contribution in [0.4, 0.5) is 0 Å². The number of ether oxygens (including phenoxy) is 3. The van der Waals surface area contributed by atoms with Crippen molar-refractivity contribution in [2.45, 2.75) is 13.8 Å². The van der Waals surface area contributed by atoms with E-state index in [-0.39, 0.29) is 0 Å².